The molecule has 0 aliphatic heterocycles. The molecule has 0 aliphatic carbocycles. The van der Waals surface area contributed by atoms with Crippen LogP contribution in [-0.4, -0.2) is 18.1 Å². The summed E-state index contributed by atoms with van der Waals surface area (Å²) < 4.78 is 37.8. The molecule has 2 N–H and O–H groups in total. The number of aryl methyl sites for hydroxylation is 2. The zero-order valence-electron chi connectivity index (χ0n) is 29.8. The largest absolute Gasteiger partial charge is 0.385 e. The van der Waals surface area contributed by atoms with Crippen molar-refractivity contribution in [2.75, 3.05) is 0 Å². The van der Waals surface area contributed by atoms with E-state index in [4.69, 9.17) is 0 Å². The van der Waals surface area contributed by atoms with Crippen molar-refractivity contribution >= 4 is 10.1 Å². The molecule has 0 saturated carbocycles. The van der Waals surface area contributed by atoms with Crippen LogP contribution < -0.4 is 0 Å². The van der Waals surface area contributed by atoms with Gasteiger partial charge in [-0.25, -0.2) is 0 Å². The molecule has 4 nitrogen and oxygen atoms in total. The van der Waals surface area contributed by atoms with Crippen LogP contribution in [0.25, 0.3) is 0 Å². The van der Waals surface area contributed by atoms with E-state index in [1.54, 1.807) is 31.2 Å². The van der Waals surface area contributed by atoms with E-state index >= 15 is 0 Å². The minimum Gasteiger partial charge on any atom is -0.385 e. The SMILES string of the molecule is CCCCCC(C)CCCc1ccccc1C(C(c1ccccc1)S(=O)(=O)O)C(C)(O)c1ccccc1CCCC(C)CCCCC. The first-order chi connectivity index (χ1) is 22.5. The molecule has 5 atom stereocenters. The molecule has 3 aromatic carbocycles. The number of aliphatic hydroxyl groups is 1. The maximum Gasteiger partial charge on any atom is 0.272 e. The summed E-state index contributed by atoms with van der Waals surface area (Å²) in [4.78, 5) is 0. The predicted octanol–water partition coefficient (Wildman–Crippen LogP) is 11.4. The van der Waals surface area contributed by atoms with Crippen LogP contribution in [0.3, 0.4) is 0 Å². The summed E-state index contributed by atoms with van der Waals surface area (Å²) >= 11 is 0. The Labute approximate surface area is 287 Å². The van der Waals surface area contributed by atoms with Gasteiger partial charge in [0, 0.05) is 5.92 Å². The number of hydrogen-bond donors (Lipinski definition) is 2. The van der Waals surface area contributed by atoms with E-state index in [1.165, 1.54) is 51.4 Å². The van der Waals surface area contributed by atoms with E-state index in [-0.39, 0.29) is 0 Å². The molecule has 47 heavy (non-hydrogen) atoms. The highest BCUT2D eigenvalue weighted by Crippen LogP contribution is 2.50. The molecule has 5 unspecified atom stereocenters. The molecular weight excluding hydrogens is 601 g/mol. The molecule has 3 rings (SSSR count). The molecule has 0 aliphatic rings. The normalized spacial score (nSPS) is 15.9. The molecule has 0 heterocycles. The maximum absolute atomic E-state index is 13.4. The van der Waals surface area contributed by atoms with Gasteiger partial charge in [0.05, 0.1) is 5.60 Å². The van der Waals surface area contributed by atoms with Gasteiger partial charge in [-0.1, -0.05) is 171 Å². The first kappa shape index (κ1) is 39.0. The molecule has 5 heteroatoms. The van der Waals surface area contributed by atoms with Crippen LogP contribution in [0.2, 0.25) is 0 Å². The Morgan fingerprint density at radius 1 is 0.638 bits per heavy atom. The van der Waals surface area contributed by atoms with Crippen molar-refractivity contribution in [3.05, 3.63) is 107 Å². The van der Waals surface area contributed by atoms with Crippen molar-refractivity contribution in [3.8, 4) is 0 Å². The fourth-order valence-electron chi connectivity index (χ4n) is 7.46. The summed E-state index contributed by atoms with van der Waals surface area (Å²) in [5.41, 5.74) is 2.45. The second-order valence-corrected chi connectivity index (χ2v) is 15.9. The van der Waals surface area contributed by atoms with Crippen molar-refractivity contribution in [3.63, 3.8) is 0 Å². The van der Waals surface area contributed by atoms with Crippen molar-refractivity contribution in [2.45, 2.75) is 141 Å². The van der Waals surface area contributed by atoms with Crippen LogP contribution in [0.4, 0.5) is 0 Å². The van der Waals surface area contributed by atoms with Gasteiger partial charge >= 0.3 is 0 Å². The van der Waals surface area contributed by atoms with E-state index in [1.807, 2.05) is 42.5 Å². The highest BCUT2D eigenvalue weighted by molar-refractivity contribution is 7.86. The third-order valence-corrected chi connectivity index (χ3v) is 11.4. The van der Waals surface area contributed by atoms with Crippen LogP contribution in [0, 0.1) is 11.8 Å². The molecule has 260 valence electrons. The van der Waals surface area contributed by atoms with Gasteiger partial charge in [-0.05, 0) is 72.3 Å². The standard InChI is InChI=1S/C42H62O4S/c1-6-8-11-21-33(3)23-19-29-35-25-15-17-31-38(35)40(41(47(44,45)46)37-27-13-10-14-28-37)42(5,43)39-32-18-16-26-36(39)30-20-24-34(4)22-12-9-7-2/h10,13-18,25-28,31-34,40-41,43H,6-9,11-12,19-24,29-30H2,1-5H3,(H,44,45,46). The van der Waals surface area contributed by atoms with Crippen molar-refractivity contribution in [2.24, 2.45) is 11.8 Å². The maximum atomic E-state index is 13.4. The van der Waals surface area contributed by atoms with Crippen LogP contribution in [-0.2, 0) is 28.6 Å². The summed E-state index contributed by atoms with van der Waals surface area (Å²) in [6.07, 6.45) is 15.7. The number of rotatable bonds is 22. The summed E-state index contributed by atoms with van der Waals surface area (Å²) in [5, 5.41) is 11.5. The lowest BCUT2D eigenvalue weighted by atomic mass is 9.72. The zero-order chi connectivity index (χ0) is 34.3. The van der Waals surface area contributed by atoms with Crippen molar-refractivity contribution < 1.29 is 18.1 Å². The minimum atomic E-state index is -4.63. The number of unbranched alkanes of at least 4 members (excludes halogenated alkanes) is 4. The Morgan fingerprint density at radius 2 is 1.11 bits per heavy atom. The minimum absolute atomic E-state index is 0.470. The Bertz CT molecular complexity index is 1420. The van der Waals surface area contributed by atoms with Crippen LogP contribution in [0.5, 0.6) is 0 Å². The third kappa shape index (κ3) is 11.9. The number of benzene rings is 3. The van der Waals surface area contributed by atoms with Gasteiger partial charge < -0.3 is 5.11 Å². The van der Waals surface area contributed by atoms with E-state index in [2.05, 4.69) is 39.8 Å². The van der Waals surface area contributed by atoms with Gasteiger partial charge in [0.2, 0.25) is 0 Å². The summed E-state index contributed by atoms with van der Waals surface area (Å²) in [6, 6.07) is 24.8. The van der Waals surface area contributed by atoms with Gasteiger partial charge in [0.15, 0.2) is 0 Å². The molecule has 3 aromatic rings. The lowest BCUT2D eigenvalue weighted by molar-refractivity contribution is 0.0223. The van der Waals surface area contributed by atoms with Crippen LogP contribution in [0.15, 0.2) is 78.9 Å². The van der Waals surface area contributed by atoms with E-state index in [9.17, 15) is 18.1 Å². The highest BCUT2D eigenvalue weighted by Gasteiger charge is 2.47. The van der Waals surface area contributed by atoms with Gasteiger partial charge in [-0.2, -0.15) is 8.42 Å². The molecule has 0 aromatic heterocycles. The molecule has 0 amide bonds. The Hall–Kier alpha value is -2.47. The second kappa shape index (κ2) is 19.5. The molecule has 0 bridgehead atoms. The van der Waals surface area contributed by atoms with E-state index in [0.29, 0.717) is 17.4 Å². The highest BCUT2D eigenvalue weighted by atomic mass is 32.2. The van der Waals surface area contributed by atoms with Crippen molar-refractivity contribution in [1.82, 2.24) is 0 Å². The zero-order valence-corrected chi connectivity index (χ0v) is 30.7. The average molecular weight is 663 g/mol. The van der Waals surface area contributed by atoms with Gasteiger partial charge in [0.1, 0.15) is 5.25 Å². The number of hydrogen-bond acceptors (Lipinski definition) is 3. The molecule has 0 radical (unpaired) electrons. The summed E-state index contributed by atoms with van der Waals surface area (Å²) in [6.45, 7) is 10.9. The quantitative estimate of drug-likeness (QED) is 0.0829. The predicted molar refractivity (Wildman–Crippen MR) is 198 cm³/mol. The van der Waals surface area contributed by atoms with Gasteiger partial charge in [0.25, 0.3) is 10.1 Å². The monoisotopic (exact) mass is 662 g/mol. The lowest BCUT2D eigenvalue weighted by Gasteiger charge is -2.40. The first-order valence-corrected chi connectivity index (χ1v) is 19.9. The van der Waals surface area contributed by atoms with Crippen LogP contribution in [0.1, 0.15) is 151 Å². The summed E-state index contributed by atoms with van der Waals surface area (Å²) in [5.74, 6) is 0.334. The topological polar surface area (TPSA) is 74.6 Å². The van der Waals surface area contributed by atoms with Crippen molar-refractivity contribution in [1.29, 1.82) is 0 Å². The van der Waals surface area contributed by atoms with E-state index in [0.717, 1.165) is 60.8 Å². The molecule has 0 fully saturated rings. The smallest absolute Gasteiger partial charge is 0.272 e. The first-order valence-electron chi connectivity index (χ1n) is 18.4. The summed E-state index contributed by atoms with van der Waals surface area (Å²) in [7, 11) is -4.63. The van der Waals surface area contributed by atoms with Crippen LogP contribution >= 0.6 is 0 Å². The fraction of sp³-hybridized carbons (Fsp3) is 0.571. The molecule has 0 spiro atoms. The molecule has 0 saturated heterocycles. The van der Waals surface area contributed by atoms with Gasteiger partial charge in [-0.15, -0.1) is 0 Å². The second-order valence-electron chi connectivity index (χ2n) is 14.3. The van der Waals surface area contributed by atoms with Gasteiger partial charge in [-0.3, -0.25) is 4.55 Å². The Morgan fingerprint density at radius 3 is 1.66 bits per heavy atom. The third-order valence-electron chi connectivity index (χ3n) is 10.2. The fourth-order valence-corrected chi connectivity index (χ4v) is 8.72. The van der Waals surface area contributed by atoms with E-state index < -0.39 is 26.9 Å². The molecular formula is C42H62O4S. The lowest BCUT2D eigenvalue weighted by Crippen LogP contribution is -2.38. The Kier molecular flexibility index (Phi) is 16.2. The average Bonchev–Trinajstić information content (AvgIpc) is 3.04. The Balaban J connectivity index is 2.03.